The molecule has 0 aliphatic carbocycles. The first-order valence-electron chi connectivity index (χ1n) is 10.1. The summed E-state index contributed by atoms with van der Waals surface area (Å²) >= 11 is 6.32. The van der Waals surface area contributed by atoms with E-state index in [-0.39, 0.29) is 30.0 Å². The van der Waals surface area contributed by atoms with Gasteiger partial charge in [0.05, 0.1) is 11.9 Å². The van der Waals surface area contributed by atoms with E-state index in [1.54, 1.807) is 35.4 Å². The number of hydrogen-bond acceptors (Lipinski definition) is 3. The van der Waals surface area contributed by atoms with E-state index in [1.807, 2.05) is 19.9 Å². The Balaban J connectivity index is 1.74. The number of anilines is 2. The molecule has 1 spiro atoms. The van der Waals surface area contributed by atoms with Crippen LogP contribution in [0.25, 0.3) is 5.69 Å². The molecule has 158 valence electrons. The highest BCUT2D eigenvalue weighted by molar-refractivity contribution is 6.31. The second-order valence-electron chi connectivity index (χ2n) is 8.40. The number of nitrogens with one attached hydrogen (secondary N) is 1. The fourth-order valence-electron chi connectivity index (χ4n) is 4.59. The predicted molar refractivity (Wildman–Crippen MR) is 116 cm³/mol. The smallest absolute Gasteiger partial charge is 0.242 e. The van der Waals surface area contributed by atoms with Crippen molar-refractivity contribution in [1.29, 1.82) is 0 Å². The van der Waals surface area contributed by atoms with E-state index < -0.39 is 5.41 Å². The largest absolute Gasteiger partial charge is 0.311 e. The van der Waals surface area contributed by atoms with Gasteiger partial charge in [-0.15, -0.1) is 0 Å². The van der Waals surface area contributed by atoms with Crippen molar-refractivity contribution in [3.05, 3.63) is 70.6 Å². The Labute approximate surface area is 183 Å². The zero-order chi connectivity index (χ0) is 21.9. The Kier molecular flexibility index (Phi) is 4.41. The molecule has 1 N–H and O–H groups in total. The highest BCUT2D eigenvalue weighted by Crippen LogP contribution is 2.53. The summed E-state index contributed by atoms with van der Waals surface area (Å²) in [5, 5.41) is 7.80. The molecule has 3 aromatic rings. The molecule has 0 bridgehead atoms. The van der Waals surface area contributed by atoms with Gasteiger partial charge >= 0.3 is 0 Å². The van der Waals surface area contributed by atoms with Crippen LogP contribution in [0, 0.1) is 11.7 Å². The van der Waals surface area contributed by atoms with E-state index in [2.05, 4.69) is 10.4 Å². The van der Waals surface area contributed by atoms with Crippen LogP contribution in [-0.4, -0.2) is 28.1 Å². The quantitative estimate of drug-likeness (QED) is 0.663. The van der Waals surface area contributed by atoms with Gasteiger partial charge in [-0.05, 0) is 53.9 Å². The van der Waals surface area contributed by atoms with Crippen molar-refractivity contribution < 1.29 is 14.0 Å². The topological polar surface area (TPSA) is 67.2 Å². The fourth-order valence-corrected chi connectivity index (χ4v) is 4.76. The molecule has 2 amide bonds. The molecule has 6 nitrogen and oxygen atoms in total. The average Bonchev–Trinajstić information content (AvgIpc) is 3.23. The Morgan fingerprint density at radius 2 is 1.90 bits per heavy atom. The number of carbonyl (C=O) groups is 2. The lowest BCUT2D eigenvalue weighted by molar-refractivity contribution is -0.126. The summed E-state index contributed by atoms with van der Waals surface area (Å²) in [4.78, 5) is 28.5. The number of halogens is 2. The maximum absolute atomic E-state index is 13.9. The third-order valence-electron chi connectivity index (χ3n) is 5.85. The van der Waals surface area contributed by atoms with Crippen LogP contribution in [0.3, 0.4) is 0 Å². The molecule has 1 aromatic heterocycles. The molecular weight excluding hydrogens is 419 g/mol. The first-order chi connectivity index (χ1) is 14.8. The molecule has 2 aliphatic heterocycles. The van der Waals surface area contributed by atoms with Gasteiger partial charge in [0.15, 0.2) is 0 Å². The number of amides is 2. The van der Waals surface area contributed by atoms with Crippen molar-refractivity contribution in [2.45, 2.75) is 25.7 Å². The molecule has 0 unspecified atom stereocenters. The van der Waals surface area contributed by atoms with E-state index in [9.17, 15) is 14.0 Å². The van der Waals surface area contributed by atoms with E-state index in [4.69, 9.17) is 11.6 Å². The molecule has 5 rings (SSSR count). The van der Waals surface area contributed by atoms with Crippen LogP contribution >= 0.6 is 11.6 Å². The zero-order valence-corrected chi connectivity index (χ0v) is 17.8. The minimum atomic E-state index is -1.20. The third kappa shape index (κ3) is 2.87. The molecule has 2 aromatic carbocycles. The predicted octanol–water partition coefficient (Wildman–Crippen LogP) is 4.30. The summed E-state index contributed by atoms with van der Waals surface area (Å²) in [6, 6.07) is 11.2. The molecule has 0 saturated carbocycles. The Morgan fingerprint density at radius 3 is 2.61 bits per heavy atom. The highest BCUT2D eigenvalue weighted by atomic mass is 35.5. The number of carbonyl (C=O) groups excluding carboxylic acids is 2. The molecule has 0 saturated heterocycles. The summed E-state index contributed by atoms with van der Waals surface area (Å²) in [5.41, 5.74) is 1.45. The normalized spacial score (nSPS) is 19.7. The molecule has 31 heavy (non-hydrogen) atoms. The first kappa shape index (κ1) is 19.8. The molecular formula is C23H20ClFN4O2. The maximum Gasteiger partial charge on any atom is 0.242 e. The van der Waals surface area contributed by atoms with Crippen molar-refractivity contribution in [2.75, 3.05) is 16.8 Å². The van der Waals surface area contributed by atoms with Crippen LogP contribution in [0.1, 0.15) is 31.4 Å². The SMILES string of the molecule is CC(C)CN1C(=O)[C@]2(CC(=O)Nc3c2cnn3-c2ccc(F)cc2)c2cc(Cl)ccc21. The fraction of sp³-hybridized carbons (Fsp3) is 0.261. The number of fused-ring (bicyclic) bond motifs is 4. The van der Waals surface area contributed by atoms with Crippen molar-refractivity contribution in [1.82, 2.24) is 9.78 Å². The van der Waals surface area contributed by atoms with Gasteiger partial charge in [0.1, 0.15) is 17.1 Å². The van der Waals surface area contributed by atoms with Gasteiger partial charge in [-0.3, -0.25) is 9.59 Å². The Bertz CT molecular complexity index is 1220. The monoisotopic (exact) mass is 438 g/mol. The van der Waals surface area contributed by atoms with Crippen LogP contribution in [0.15, 0.2) is 48.7 Å². The van der Waals surface area contributed by atoms with Gasteiger partial charge in [0.25, 0.3) is 0 Å². The van der Waals surface area contributed by atoms with Crippen LogP contribution in [0.2, 0.25) is 5.02 Å². The third-order valence-corrected chi connectivity index (χ3v) is 6.09. The zero-order valence-electron chi connectivity index (χ0n) is 17.0. The summed E-state index contributed by atoms with van der Waals surface area (Å²) < 4.78 is 14.9. The van der Waals surface area contributed by atoms with Crippen LogP contribution in [0.4, 0.5) is 15.9 Å². The Hall–Kier alpha value is -3.19. The van der Waals surface area contributed by atoms with Crippen molar-refractivity contribution >= 4 is 34.9 Å². The van der Waals surface area contributed by atoms with E-state index in [0.29, 0.717) is 34.2 Å². The van der Waals surface area contributed by atoms with E-state index in [0.717, 1.165) is 5.69 Å². The molecule has 0 radical (unpaired) electrons. The average molecular weight is 439 g/mol. The molecule has 2 aliphatic rings. The molecule has 1 atom stereocenters. The first-order valence-corrected chi connectivity index (χ1v) is 10.5. The van der Waals surface area contributed by atoms with Crippen molar-refractivity contribution in [3.63, 3.8) is 0 Å². The summed E-state index contributed by atoms with van der Waals surface area (Å²) in [7, 11) is 0. The van der Waals surface area contributed by atoms with Gasteiger partial charge in [0, 0.05) is 29.2 Å². The van der Waals surface area contributed by atoms with E-state index >= 15 is 0 Å². The van der Waals surface area contributed by atoms with Crippen molar-refractivity contribution in [2.24, 2.45) is 5.92 Å². The van der Waals surface area contributed by atoms with Gasteiger partial charge in [0.2, 0.25) is 11.8 Å². The Morgan fingerprint density at radius 1 is 1.16 bits per heavy atom. The summed E-state index contributed by atoms with van der Waals surface area (Å²) in [5.74, 6) is -0.172. The number of aromatic nitrogens is 2. The lowest BCUT2D eigenvalue weighted by Gasteiger charge is -2.32. The maximum atomic E-state index is 13.9. The lowest BCUT2D eigenvalue weighted by Crippen LogP contribution is -2.47. The van der Waals surface area contributed by atoms with E-state index in [1.165, 1.54) is 16.8 Å². The summed E-state index contributed by atoms with van der Waals surface area (Å²) in [6.45, 7) is 4.61. The van der Waals surface area contributed by atoms with Gasteiger partial charge < -0.3 is 10.2 Å². The number of hydrogen-bond donors (Lipinski definition) is 1. The highest BCUT2D eigenvalue weighted by Gasteiger charge is 2.57. The van der Waals surface area contributed by atoms with Crippen LogP contribution in [-0.2, 0) is 15.0 Å². The van der Waals surface area contributed by atoms with Gasteiger partial charge in [-0.1, -0.05) is 25.4 Å². The van der Waals surface area contributed by atoms with Crippen molar-refractivity contribution in [3.8, 4) is 5.69 Å². The minimum Gasteiger partial charge on any atom is -0.311 e. The lowest BCUT2D eigenvalue weighted by atomic mass is 9.72. The second kappa shape index (κ2) is 6.92. The number of benzene rings is 2. The van der Waals surface area contributed by atoms with Crippen LogP contribution in [0.5, 0.6) is 0 Å². The van der Waals surface area contributed by atoms with Crippen LogP contribution < -0.4 is 10.2 Å². The second-order valence-corrected chi connectivity index (χ2v) is 8.83. The molecule has 0 fully saturated rings. The van der Waals surface area contributed by atoms with Gasteiger partial charge in [-0.2, -0.15) is 5.10 Å². The number of rotatable bonds is 3. The molecule has 3 heterocycles. The number of nitrogens with zero attached hydrogens (tertiary/aromatic N) is 3. The molecule has 8 heteroatoms. The standard InChI is InChI=1S/C23H20ClFN4O2/c1-13(2)12-28-19-8-3-14(24)9-17(19)23(22(28)31)10-20(30)27-21-18(23)11-26-29(21)16-6-4-15(25)5-7-16/h3-9,11,13H,10,12H2,1-2H3,(H,27,30)/t23-/m1/s1. The minimum absolute atomic E-state index is 0.0319. The van der Waals surface area contributed by atoms with Gasteiger partial charge in [-0.25, -0.2) is 9.07 Å². The summed E-state index contributed by atoms with van der Waals surface area (Å²) in [6.07, 6.45) is 1.58.